The van der Waals surface area contributed by atoms with Crippen molar-refractivity contribution < 1.29 is 0 Å². The second-order valence-electron chi connectivity index (χ2n) is 4.78. The van der Waals surface area contributed by atoms with Gasteiger partial charge in [-0.3, -0.25) is 0 Å². The zero-order valence-electron chi connectivity index (χ0n) is 10.1. The maximum atomic E-state index is 5.57. The fourth-order valence-corrected chi connectivity index (χ4v) is 2.74. The Morgan fingerprint density at radius 3 is 2.83 bits per heavy atom. The molecule has 0 amide bonds. The second-order valence-corrected chi connectivity index (χ2v) is 5.64. The van der Waals surface area contributed by atoms with Crippen molar-refractivity contribution in [1.29, 1.82) is 0 Å². The molecule has 0 aliphatic heterocycles. The van der Waals surface area contributed by atoms with Crippen molar-refractivity contribution in [2.45, 2.75) is 25.2 Å². The highest BCUT2D eigenvalue weighted by atomic mass is 79.9. The monoisotopic (exact) mass is 305 g/mol. The third-order valence-electron chi connectivity index (χ3n) is 3.30. The quantitative estimate of drug-likeness (QED) is 0.943. The molecule has 94 valence electrons. The van der Waals surface area contributed by atoms with Gasteiger partial charge in [0.25, 0.3) is 0 Å². The number of rotatable bonds is 4. The summed E-state index contributed by atoms with van der Waals surface area (Å²) in [5, 5.41) is 4.64. The van der Waals surface area contributed by atoms with Crippen LogP contribution in [0.1, 0.15) is 30.0 Å². The largest absolute Gasteiger partial charge is 0.330 e. The van der Waals surface area contributed by atoms with E-state index in [0.29, 0.717) is 12.5 Å². The Bertz CT molecular complexity index is 558. The molecule has 1 aliphatic carbocycles. The molecule has 3 rings (SSSR count). The lowest BCUT2D eigenvalue weighted by molar-refractivity contribution is 0.832. The van der Waals surface area contributed by atoms with E-state index in [9.17, 15) is 0 Å². The Morgan fingerprint density at radius 2 is 2.17 bits per heavy atom. The van der Waals surface area contributed by atoms with Crippen molar-refractivity contribution in [2.75, 3.05) is 6.54 Å². The molecule has 0 radical (unpaired) electrons. The first-order chi connectivity index (χ1) is 8.78. The van der Waals surface area contributed by atoms with E-state index < -0.39 is 0 Å². The molecule has 0 atom stereocenters. The summed E-state index contributed by atoms with van der Waals surface area (Å²) in [4.78, 5) is 0. The Kier molecular flexibility index (Phi) is 3.22. The maximum absolute atomic E-state index is 5.57. The Labute approximate surface area is 115 Å². The summed E-state index contributed by atoms with van der Waals surface area (Å²) in [5.74, 6) is 0.696. The van der Waals surface area contributed by atoms with Crippen LogP contribution in [0.5, 0.6) is 0 Å². The SMILES string of the molecule is NCCc1ccc(-n2ccc(C3CC3)n2)c(Br)c1. The second kappa shape index (κ2) is 4.86. The van der Waals surface area contributed by atoms with Gasteiger partial charge in [-0.1, -0.05) is 6.07 Å². The van der Waals surface area contributed by atoms with E-state index in [1.165, 1.54) is 24.1 Å². The van der Waals surface area contributed by atoms with Gasteiger partial charge >= 0.3 is 0 Å². The highest BCUT2D eigenvalue weighted by Gasteiger charge is 2.26. The molecule has 18 heavy (non-hydrogen) atoms. The molecule has 3 nitrogen and oxygen atoms in total. The van der Waals surface area contributed by atoms with Crippen LogP contribution in [0, 0.1) is 0 Å². The predicted molar refractivity (Wildman–Crippen MR) is 76.0 cm³/mol. The van der Waals surface area contributed by atoms with Gasteiger partial charge in [-0.2, -0.15) is 5.10 Å². The number of hydrogen-bond donors (Lipinski definition) is 1. The summed E-state index contributed by atoms with van der Waals surface area (Å²) in [6, 6.07) is 8.46. The molecule has 1 fully saturated rings. The van der Waals surface area contributed by atoms with E-state index in [4.69, 9.17) is 5.73 Å². The standard InChI is InChI=1S/C14H16BrN3/c15-12-9-10(5-7-16)1-4-14(12)18-8-6-13(17-18)11-2-3-11/h1,4,6,8-9,11H,2-3,5,7,16H2. The van der Waals surface area contributed by atoms with Gasteiger partial charge in [0.05, 0.1) is 11.4 Å². The molecule has 1 aromatic carbocycles. The number of halogens is 1. The van der Waals surface area contributed by atoms with Crippen LogP contribution in [-0.2, 0) is 6.42 Å². The highest BCUT2D eigenvalue weighted by Crippen LogP contribution is 2.39. The zero-order valence-corrected chi connectivity index (χ0v) is 11.7. The molecule has 0 saturated heterocycles. The molecular formula is C14H16BrN3. The minimum atomic E-state index is 0.680. The Hall–Kier alpha value is -1.13. The topological polar surface area (TPSA) is 43.8 Å². The zero-order chi connectivity index (χ0) is 12.5. The van der Waals surface area contributed by atoms with E-state index in [0.717, 1.165) is 16.6 Å². The summed E-state index contributed by atoms with van der Waals surface area (Å²) < 4.78 is 3.02. The lowest BCUT2D eigenvalue weighted by atomic mass is 10.1. The maximum Gasteiger partial charge on any atom is 0.0787 e. The van der Waals surface area contributed by atoms with Crippen molar-refractivity contribution in [3.05, 3.63) is 46.2 Å². The molecule has 2 N–H and O–H groups in total. The fraction of sp³-hybridized carbons (Fsp3) is 0.357. The molecule has 0 spiro atoms. The van der Waals surface area contributed by atoms with E-state index >= 15 is 0 Å². The number of hydrogen-bond acceptors (Lipinski definition) is 2. The van der Waals surface area contributed by atoms with Crippen molar-refractivity contribution in [1.82, 2.24) is 9.78 Å². The van der Waals surface area contributed by atoms with Gasteiger partial charge in [-0.05, 0) is 65.5 Å². The molecule has 1 heterocycles. The smallest absolute Gasteiger partial charge is 0.0787 e. The first-order valence-electron chi connectivity index (χ1n) is 6.32. The third kappa shape index (κ3) is 2.35. The average Bonchev–Trinajstić information content (AvgIpc) is 3.09. The molecule has 4 heteroatoms. The summed E-state index contributed by atoms with van der Waals surface area (Å²) in [7, 11) is 0. The number of nitrogens with two attached hydrogens (primary N) is 1. The Morgan fingerprint density at radius 1 is 1.33 bits per heavy atom. The van der Waals surface area contributed by atoms with E-state index in [1.54, 1.807) is 0 Å². The van der Waals surface area contributed by atoms with Crippen LogP contribution in [0.3, 0.4) is 0 Å². The minimum absolute atomic E-state index is 0.680. The van der Waals surface area contributed by atoms with Gasteiger partial charge in [0.1, 0.15) is 0 Å². The van der Waals surface area contributed by atoms with E-state index in [1.807, 2.05) is 10.9 Å². The first kappa shape index (κ1) is 11.9. The average molecular weight is 306 g/mol. The van der Waals surface area contributed by atoms with Gasteiger partial charge in [0.15, 0.2) is 0 Å². The van der Waals surface area contributed by atoms with Crippen LogP contribution in [0.2, 0.25) is 0 Å². The van der Waals surface area contributed by atoms with Gasteiger partial charge in [0, 0.05) is 16.6 Å². The van der Waals surface area contributed by atoms with Crippen LogP contribution in [-0.4, -0.2) is 16.3 Å². The minimum Gasteiger partial charge on any atom is -0.330 e. The van der Waals surface area contributed by atoms with Gasteiger partial charge in [-0.25, -0.2) is 4.68 Å². The number of aromatic nitrogens is 2. The summed E-state index contributed by atoms with van der Waals surface area (Å²) >= 11 is 3.61. The van der Waals surface area contributed by atoms with Crippen molar-refractivity contribution in [2.24, 2.45) is 5.73 Å². The van der Waals surface area contributed by atoms with Gasteiger partial charge < -0.3 is 5.73 Å². The molecular weight excluding hydrogens is 290 g/mol. The van der Waals surface area contributed by atoms with Crippen LogP contribution < -0.4 is 5.73 Å². The summed E-state index contributed by atoms with van der Waals surface area (Å²) in [6.45, 7) is 0.680. The molecule has 1 aliphatic rings. The lowest BCUT2D eigenvalue weighted by Crippen LogP contribution is -2.03. The highest BCUT2D eigenvalue weighted by molar-refractivity contribution is 9.10. The predicted octanol–water partition coefficient (Wildman–Crippen LogP) is 3.01. The van der Waals surface area contributed by atoms with Crippen molar-refractivity contribution in [3.8, 4) is 5.69 Å². The lowest BCUT2D eigenvalue weighted by Gasteiger charge is -2.07. The molecule has 2 aromatic rings. The first-order valence-corrected chi connectivity index (χ1v) is 7.11. The summed E-state index contributed by atoms with van der Waals surface area (Å²) in [5.41, 5.74) is 9.12. The molecule has 0 unspecified atom stereocenters. The van der Waals surface area contributed by atoms with Crippen LogP contribution >= 0.6 is 15.9 Å². The van der Waals surface area contributed by atoms with Gasteiger partial charge in [0.2, 0.25) is 0 Å². The van der Waals surface area contributed by atoms with Crippen molar-refractivity contribution >= 4 is 15.9 Å². The summed E-state index contributed by atoms with van der Waals surface area (Å²) in [6.07, 6.45) is 5.52. The Balaban J connectivity index is 1.90. The van der Waals surface area contributed by atoms with E-state index in [2.05, 4.69) is 45.3 Å². The third-order valence-corrected chi connectivity index (χ3v) is 3.93. The normalized spacial score (nSPS) is 15.0. The van der Waals surface area contributed by atoms with Gasteiger partial charge in [-0.15, -0.1) is 0 Å². The molecule has 1 aromatic heterocycles. The van der Waals surface area contributed by atoms with Crippen LogP contribution in [0.4, 0.5) is 0 Å². The van der Waals surface area contributed by atoms with E-state index in [-0.39, 0.29) is 0 Å². The number of benzene rings is 1. The fourth-order valence-electron chi connectivity index (χ4n) is 2.13. The molecule has 1 saturated carbocycles. The van der Waals surface area contributed by atoms with Crippen molar-refractivity contribution in [3.63, 3.8) is 0 Å². The van der Waals surface area contributed by atoms with Crippen LogP contribution in [0.15, 0.2) is 34.9 Å². The molecule has 0 bridgehead atoms. The van der Waals surface area contributed by atoms with Crippen LogP contribution in [0.25, 0.3) is 5.69 Å². The number of nitrogens with zero attached hydrogens (tertiary/aromatic N) is 2.